The third-order valence-corrected chi connectivity index (χ3v) is 3.62. The van der Waals surface area contributed by atoms with Crippen LogP contribution in [0, 0.1) is 22.7 Å². The smallest absolute Gasteiger partial charge is 0.268 e. The molecule has 8 heteroatoms. The van der Waals surface area contributed by atoms with E-state index in [0.29, 0.717) is 17.7 Å². The van der Waals surface area contributed by atoms with Crippen LogP contribution in [-0.2, 0) is 6.54 Å². The van der Waals surface area contributed by atoms with Crippen LogP contribution in [0.4, 0.5) is 5.82 Å². The minimum atomic E-state index is -0.685. The number of aromatic hydroxyl groups is 1. The van der Waals surface area contributed by atoms with Gasteiger partial charge in [-0.2, -0.15) is 10.5 Å². The van der Waals surface area contributed by atoms with Crippen LogP contribution >= 0.6 is 0 Å². The van der Waals surface area contributed by atoms with Crippen molar-refractivity contribution in [2.75, 3.05) is 26.9 Å². The number of aromatic nitrogens is 1. The van der Waals surface area contributed by atoms with Crippen molar-refractivity contribution in [3.63, 3.8) is 0 Å². The van der Waals surface area contributed by atoms with Crippen molar-refractivity contribution < 1.29 is 9.84 Å². The molecule has 0 bridgehead atoms. The average molecular weight is 339 g/mol. The Hall–Kier alpha value is -3.49. The van der Waals surface area contributed by atoms with E-state index in [1.165, 1.54) is 13.2 Å². The molecule has 0 saturated heterocycles. The van der Waals surface area contributed by atoms with Crippen LogP contribution in [0.2, 0.25) is 0 Å². The van der Waals surface area contributed by atoms with Crippen molar-refractivity contribution in [3.8, 4) is 34.8 Å². The molecule has 0 unspecified atom stereocenters. The molecule has 2 aromatic rings. The first-order chi connectivity index (χ1) is 11.8. The third-order valence-electron chi connectivity index (χ3n) is 3.62. The van der Waals surface area contributed by atoms with E-state index in [4.69, 9.17) is 10.5 Å². The summed E-state index contributed by atoms with van der Waals surface area (Å²) in [6, 6.07) is 6.80. The number of ether oxygens (including phenoxy) is 1. The Bertz CT molecular complexity index is 964. The largest absolute Gasteiger partial charge is 0.504 e. The fourth-order valence-electron chi connectivity index (χ4n) is 2.56. The lowest BCUT2D eigenvalue weighted by molar-refractivity contribution is 0.355. The van der Waals surface area contributed by atoms with Crippen molar-refractivity contribution in [3.05, 3.63) is 39.2 Å². The Labute approximate surface area is 144 Å². The van der Waals surface area contributed by atoms with Crippen molar-refractivity contribution in [2.24, 2.45) is 0 Å². The Morgan fingerprint density at radius 1 is 1.28 bits per heavy atom. The number of hydrogen-bond acceptors (Lipinski definition) is 7. The van der Waals surface area contributed by atoms with Gasteiger partial charge >= 0.3 is 0 Å². The van der Waals surface area contributed by atoms with Gasteiger partial charge in [0.25, 0.3) is 5.56 Å². The molecule has 4 N–H and O–H groups in total. The summed E-state index contributed by atoms with van der Waals surface area (Å²) >= 11 is 0. The van der Waals surface area contributed by atoms with Gasteiger partial charge in [-0.15, -0.1) is 0 Å². The van der Waals surface area contributed by atoms with Gasteiger partial charge in [-0.3, -0.25) is 4.79 Å². The first kappa shape index (κ1) is 17.9. The maximum atomic E-state index is 12.1. The number of H-pyrrole nitrogens is 1. The van der Waals surface area contributed by atoms with Gasteiger partial charge in [-0.25, -0.2) is 0 Å². The highest BCUT2D eigenvalue weighted by Gasteiger charge is 2.21. The highest BCUT2D eigenvalue weighted by Crippen LogP contribution is 2.38. The molecule has 0 aliphatic carbocycles. The second-order valence-electron chi connectivity index (χ2n) is 5.64. The first-order valence-corrected chi connectivity index (χ1v) is 7.24. The van der Waals surface area contributed by atoms with Crippen LogP contribution in [0.5, 0.6) is 11.5 Å². The Kier molecular flexibility index (Phi) is 4.97. The molecule has 25 heavy (non-hydrogen) atoms. The fraction of sp³-hybridized carbons (Fsp3) is 0.235. The molecule has 1 aromatic heterocycles. The van der Waals surface area contributed by atoms with Crippen LogP contribution in [0.15, 0.2) is 16.9 Å². The van der Waals surface area contributed by atoms with Crippen molar-refractivity contribution in [2.45, 2.75) is 6.54 Å². The van der Waals surface area contributed by atoms with Gasteiger partial charge in [0, 0.05) is 17.7 Å². The Balaban J connectivity index is 2.90. The summed E-state index contributed by atoms with van der Waals surface area (Å²) < 4.78 is 5.19. The van der Waals surface area contributed by atoms with Crippen LogP contribution in [-0.4, -0.2) is 36.2 Å². The van der Waals surface area contributed by atoms with Crippen molar-refractivity contribution >= 4 is 5.82 Å². The number of nitrogens with two attached hydrogens (primary N) is 1. The van der Waals surface area contributed by atoms with Gasteiger partial charge in [0.1, 0.15) is 29.1 Å². The van der Waals surface area contributed by atoms with Crippen molar-refractivity contribution in [1.29, 1.82) is 10.5 Å². The highest BCUT2D eigenvalue weighted by molar-refractivity contribution is 5.82. The number of phenolic OH excluding ortho intramolecular Hbond substituents is 1. The number of anilines is 1. The van der Waals surface area contributed by atoms with E-state index in [1.807, 2.05) is 31.1 Å². The molecule has 1 heterocycles. The average Bonchev–Trinajstić information content (AvgIpc) is 2.55. The zero-order valence-corrected chi connectivity index (χ0v) is 14.0. The number of rotatable bonds is 4. The Morgan fingerprint density at radius 3 is 2.44 bits per heavy atom. The number of benzene rings is 1. The second-order valence-corrected chi connectivity index (χ2v) is 5.64. The van der Waals surface area contributed by atoms with E-state index in [0.717, 1.165) is 0 Å². The number of nitrogens with zero attached hydrogens (tertiary/aromatic N) is 3. The van der Waals surface area contributed by atoms with E-state index in [-0.39, 0.29) is 34.0 Å². The fourth-order valence-corrected chi connectivity index (χ4v) is 2.56. The van der Waals surface area contributed by atoms with E-state index in [1.54, 1.807) is 6.07 Å². The molecule has 1 aromatic carbocycles. The van der Waals surface area contributed by atoms with Crippen LogP contribution in [0.3, 0.4) is 0 Å². The number of phenols is 1. The summed E-state index contributed by atoms with van der Waals surface area (Å²) in [6.45, 7) is 0.387. The van der Waals surface area contributed by atoms with Gasteiger partial charge in [0.2, 0.25) is 0 Å². The maximum absolute atomic E-state index is 12.1. The van der Waals surface area contributed by atoms with Gasteiger partial charge in [0.05, 0.1) is 7.11 Å². The first-order valence-electron chi connectivity index (χ1n) is 7.24. The predicted molar refractivity (Wildman–Crippen MR) is 91.9 cm³/mol. The zero-order valence-electron chi connectivity index (χ0n) is 14.0. The SMILES string of the molecule is COc1cc(-c2c(C#N)c(N)[nH]c(=O)c2C#N)cc(CN(C)C)c1O. The molecule has 0 fully saturated rings. The summed E-state index contributed by atoms with van der Waals surface area (Å²) in [7, 11) is 5.04. The molecular formula is C17H17N5O3. The van der Waals surface area contributed by atoms with Crippen LogP contribution in [0.25, 0.3) is 11.1 Å². The number of nitriles is 2. The topological polar surface area (TPSA) is 139 Å². The van der Waals surface area contributed by atoms with E-state index >= 15 is 0 Å². The molecule has 0 radical (unpaired) electrons. The van der Waals surface area contributed by atoms with Crippen LogP contribution in [0.1, 0.15) is 16.7 Å². The van der Waals surface area contributed by atoms with Gasteiger partial charge in [0.15, 0.2) is 11.5 Å². The number of pyridine rings is 1. The Morgan fingerprint density at radius 2 is 1.92 bits per heavy atom. The van der Waals surface area contributed by atoms with E-state index < -0.39 is 5.56 Å². The molecule has 0 atom stereocenters. The molecule has 0 saturated carbocycles. The molecule has 0 amide bonds. The minimum Gasteiger partial charge on any atom is -0.504 e. The minimum absolute atomic E-state index is 0.0142. The molecule has 128 valence electrons. The molecule has 0 aliphatic heterocycles. The normalized spacial score (nSPS) is 10.3. The maximum Gasteiger partial charge on any atom is 0.268 e. The summed E-state index contributed by atoms with van der Waals surface area (Å²) in [6.07, 6.45) is 0. The second kappa shape index (κ2) is 6.95. The van der Waals surface area contributed by atoms with Crippen LogP contribution < -0.4 is 16.0 Å². The summed E-state index contributed by atoms with van der Waals surface area (Å²) in [4.78, 5) is 16.2. The van der Waals surface area contributed by atoms with Gasteiger partial charge < -0.3 is 25.5 Å². The summed E-state index contributed by atoms with van der Waals surface area (Å²) in [5, 5.41) is 29.1. The quantitative estimate of drug-likeness (QED) is 0.759. The molecule has 2 rings (SSSR count). The predicted octanol–water partition coefficient (Wildman–Crippen LogP) is 1.14. The summed E-state index contributed by atoms with van der Waals surface area (Å²) in [5.41, 5.74) is 5.83. The standard InChI is InChI=1S/C17H17N5O3/c1-22(2)8-10-4-9(5-13(25-3)15(10)23)14-11(6-18)16(20)21-17(24)12(14)7-19/h4-5,23H,8H2,1-3H3,(H3,20,21,24). The van der Waals surface area contributed by atoms with E-state index in [2.05, 4.69) is 4.98 Å². The lowest BCUT2D eigenvalue weighted by atomic mass is 9.94. The zero-order chi connectivity index (χ0) is 18.7. The lowest BCUT2D eigenvalue weighted by Gasteiger charge is -2.16. The number of nitrogen functional groups attached to an aromatic ring is 1. The van der Waals surface area contributed by atoms with Crippen molar-refractivity contribution in [1.82, 2.24) is 9.88 Å². The third kappa shape index (κ3) is 3.25. The van der Waals surface area contributed by atoms with Gasteiger partial charge in [-0.1, -0.05) is 0 Å². The number of hydrogen-bond donors (Lipinski definition) is 3. The number of aromatic amines is 1. The molecule has 0 spiro atoms. The molecular weight excluding hydrogens is 322 g/mol. The highest BCUT2D eigenvalue weighted by atomic mass is 16.5. The molecule has 8 nitrogen and oxygen atoms in total. The van der Waals surface area contributed by atoms with Gasteiger partial charge in [-0.05, 0) is 31.8 Å². The number of methoxy groups -OCH3 is 1. The van der Waals surface area contributed by atoms with E-state index in [9.17, 15) is 20.4 Å². The monoisotopic (exact) mass is 339 g/mol. The lowest BCUT2D eigenvalue weighted by Crippen LogP contribution is -2.16. The number of nitrogens with one attached hydrogen (secondary N) is 1. The summed E-state index contributed by atoms with van der Waals surface area (Å²) in [5.74, 6) is -0.00142. The molecule has 0 aliphatic rings.